The van der Waals surface area contributed by atoms with Crippen molar-refractivity contribution in [3.63, 3.8) is 0 Å². The molecular weight excluding hydrogens is 407 g/mol. The van der Waals surface area contributed by atoms with Gasteiger partial charge in [-0.2, -0.15) is 0 Å². The molecular formula is C24H21FN6O. The highest BCUT2D eigenvalue weighted by atomic mass is 19.1. The number of rotatable bonds is 4. The van der Waals surface area contributed by atoms with Crippen molar-refractivity contribution in [1.29, 1.82) is 0 Å². The largest absolute Gasteiger partial charge is 0.338 e. The lowest BCUT2D eigenvalue weighted by molar-refractivity contribution is 0.0736. The number of nitrogens with zero attached hydrogens (tertiary/aromatic N) is 4. The number of pyridine rings is 1. The fourth-order valence-electron chi connectivity index (χ4n) is 3.73. The van der Waals surface area contributed by atoms with Crippen molar-refractivity contribution in [2.24, 2.45) is 0 Å². The van der Waals surface area contributed by atoms with Gasteiger partial charge in [-0.1, -0.05) is 18.2 Å². The molecule has 1 fully saturated rings. The zero-order valence-corrected chi connectivity index (χ0v) is 17.3. The lowest BCUT2D eigenvalue weighted by atomic mass is 10.1. The minimum Gasteiger partial charge on any atom is -0.338 e. The maximum Gasteiger partial charge on any atom is 0.253 e. The second kappa shape index (κ2) is 8.68. The lowest BCUT2D eigenvalue weighted by Gasteiger charge is -2.27. The fourth-order valence-corrected chi connectivity index (χ4v) is 3.73. The van der Waals surface area contributed by atoms with Crippen LogP contribution in [0.3, 0.4) is 0 Å². The monoisotopic (exact) mass is 428 g/mol. The number of carbonyl (C=O) groups excluding carboxylic acids is 1. The third-order valence-corrected chi connectivity index (χ3v) is 5.40. The van der Waals surface area contributed by atoms with Crippen molar-refractivity contribution >= 4 is 28.4 Å². The van der Waals surface area contributed by atoms with Crippen LogP contribution in [0, 0.1) is 5.82 Å². The van der Waals surface area contributed by atoms with Crippen LogP contribution in [-0.2, 0) is 0 Å². The first-order valence-electron chi connectivity index (χ1n) is 10.4. The van der Waals surface area contributed by atoms with Crippen LogP contribution < -0.4 is 10.6 Å². The summed E-state index contributed by atoms with van der Waals surface area (Å²) in [5, 5.41) is 6.37. The second-order valence-electron chi connectivity index (χ2n) is 7.54. The second-order valence-corrected chi connectivity index (χ2v) is 7.54. The van der Waals surface area contributed by atoms with Crippen LogP contribution in [0.25, 0.3) is 22.3 Å². The molecule has 1 aliphatic heterocycles. The maximum atomic E-state index is 13.6. The smallest absolute Gasteiger partial charge is 0.253 e. The molecule has 32 heavy (non-hydrogen) atoms. The van der Waals surface area contributed by atoms with E-state index in [9.17, 15) is 9.18 Å². The molecule has 1 amide bonds. The number of carbonyl (C=O) groups is 1. The highest BCUT2D eigenvalue weighted by molar-refractivity contribution is 5.95. The molecule has 4 aromatic rings. The number of hydrogen-bond donors (Lipinski definition) is 2. The predicted octanol–water partition coefficient (Wildman–Crippen LogP) is 3.62. The van der Waals surface area contributed by atoms with Gasteiger partial charge in [0.25, 0.3) is 5.91 Å². The Bertz CT molecular complexity index is 1270. The number of piperazine rings is 1. The van der Waals surface area contributed by atoms with Gasteiger partial charge in [-0.25, -0.2) is 19.3 Å². The maximum absolute atomic E-state index is 13.6. The summed E-state index contributed by atoms with van der Waals surface area (Å²) in [6, 6.07) is 17.4. The molecule has 8 heteroatoms. The molecule has 0 aliphatic carbocycles. The first-order valence-corrected chi connectivity index (χ1v) is 10.4. The molecule has 0 spiro atoms. The molecule has 5 rings (SSSR count). The van der Waals surface area contributed by atoms with Crippen molar-refractivity contribution in [2.75, 3.05) is 31.5 Å². The lowest BCUT2D eigenvalue weighted by Crippen LogP contribution is -2.46. The van der Waals surface area contributed by atoms with Gasteiger partial charge in [-0.3, -0.25) is 4.79 Å². The molecule has 0 radical (unpaired) electrons. The number of amides is 1. The first kappa shape index (κ1) is 20.0. The minimum absolute atomic E-state index is 0.0412. The summed E-state index contributed by atoms with van der Waals surface area (Å²) in [5.41, 5.74) is 4.10. The van der Waals surface area contributed by atoms with Gasteiger partial charge in [0.15, 0.2) is 5.82 Å². The topological polar surface area (TPSA) is 83.0 Å². The number of halogens is 1. The summed E-state index contributed by atoms with van der Waals surface area (Å²) in [5.74, 6) is 0.199. The summed E-state index contributed by atoms with van der Waals surface area (Å²) < 4.78 is 13.6. The normalized spacial score (nSPS) is 13.8. The van der Waals surface area contributed by atoms with Gasteiger partial charge in [0.05, 0.1) is 11.2 Å². The number of benzene rings is 2. The minimum atomic E-state index is -0.336. The third kappa shape index (κ3) is 4.13. The summed E-state index contributed by atoms with van der Waals surface area (Å²) in [6.45, 7) is 3.07. The van der Waals surface area contributed by atoms with Gasteiger partial charge < -0.3 is 15.5 Å². The van der Waals surface area contributed by atoms with Crippen LogP contribution in [-0.4, -0.2) is 51.9 Å². The standard InChI is InChI=1S/C24H21FN6O/c25-18-2-1-3-19(14-18)29-23-22-21(27-15-28-23)9-8-20(30-22)16-4-6-17(7-5-16)24(32)31-12-10-26-11-13-31/h1-9,14-15,26H,10-13H2,(H,27,28,29). The molecule has 7 nitrogen and oxygen atoms in total. The molecule has 0 bridgehead atoms. The molecule has 3 heterocycles. The van der Waals surface area contributed by atoms with E-state index in [0.717, 1.165) is 24.3 Å². The van der Waals surface area contributed by atoms with Crippen LogP contribution >= 0.6 is 0 Å². The van der Waals surface area contributed by atoms with Gasteiger partial charge in [0.2, 0.25) is 0 Å². The van der Waals surface area contributed by atoms with E-state index in [1.807, 2.05) is 41.3 Å². The molecule has 2 aromatic heterocycles. The summed E-state index contributed by atoms with van der Waals surface area (Å²) in [4.78, 5) is 27.9. The first-order chi connectivity index (χ1) is 15.7. The van der Waals surface area contributed by atoms with E-state index in [1.165, 1.54) is 18.5 Å². The molecule has 0 atom stereocenters. The van der Waals surface area contributed by atoms with Crippen LogP contribution in [0.2, 0.25) is 0 Å². The van der Waals surface area contributed by atoms with Crippen molar-refractivity contribution in [3.8, 4) is 11.3 Å². The molecule has 1 saturated heterocycles. The third-order valence-electron chi connectivity index (χ3n) is 5.40. The predicted molar refractivity (Wildman–Crippen MR) is 121 cm³/mol. The highest BCUT2D eigenvalue weighted by Gasteiger charge is 2.18. The molecule has 2 aromatic carbocycles. The Hall–Kier alpha value is -3.91. The molecule has 0 unspecified atom stereocenters. The van der Waals surface area contributed by atoms with E-state index >= 15 is 0 Å². The molecule has 0 saturated carbocycles. The average Bonchev–Trinajstić information content (AvgIpc) is 2.84. The zero-order valence-electron chi connectivity index (χ0n) is 17.3. The van der Waals surface area contributed by atoms with Crippen LogP contribution in [0.1, 0.15) is 10.4 Å². The van der Waals surface area contributed by atoms with Crippen molar-refractivity contribution < 1.29 is 9.18 Å². The summed E-state index contributed by atoms with van der Waals surface area (Å²) >= 11 is 0. The van der Waals surface area contributed by atoms with Crippen LogP contribution in [0.5, 0.6) is 0 Å². The average molecular weight is 428 g/mol. The molecule has 1 aliphatic rings. The van der Waals surface area contributed by atoms with E-state index in [0.29, 0.717) is 41.2 Å². The Labute approximate surface area is 184 Å². The number of fused-ring (bicyclic) bond motifs is 1. The quantitative estimate of drug-likeness (QED) is 0.517. The van der Waals surface area contributed by atoms with Crippen molar-refractivity contribution in [3.05, 3.63) is 78.4 Å². The van der Waals surface area contributed by atoms with Gasteiger partial charge in [-0.15, -0.1) is 0 Å². The fraction of sp³-hybridized carbons (Fsp3) is 0.167. The Kier molecular flexibility index (Phi) is 5.43. The van der Waals surface area contributed by atoms with E-state index in [4.69, 9.17) is 4.98 Å². The van der Waals surface area contributed by atoms with E-state index in [1.54, 1.807) is 12.1 Å². The Morgan fingerprint density at radius 1 is 1.00 bits per heavy atom. The van der Waals surface area contributed by atoms with Crippen molar-refractivity contribution in [1.82, 2.24) is 25.2 Å². The zero-order chi connectivity index (χ0) is 21.9. The van der Waals surface area contributed by atoms with E-state index in [-0.39, 0.29) is 11.7 Å². The molecule has 2 N–H and O–H groups in total. The number of aromatic nitrogens is 3. The van der Waals surface area contributed by atoms with Crippen LogP contribution in [0.15, 0.2) is 67.0 Å². The number of anilines is 2. The van der Waals surface area contributed by atoms with Gasteiger partial charge in [-0.05, 0) is 42.5 Å². The highest BCUT2D eigenvalue weighted by Crippen LogP contribution is 2.26. The Morgan fingerprint density at radius 3 is 2.59 bits per heavy atom. The summed E-state index contributed by atoms with van der Waals surface area (Å²) in [6.07, 6.45) is 1.45. The van der Waals surface area contributed by atoms with Crippen molar-refractivity contribution in [2.45, 2.75) is 0 Å². The SMILES string of the molecule is O=C(c1ccc(-c2ccc3ncnc(Nc4cccc(F)c4)c3n2)cc1)N1CCNCC1. The van der Waals surface area contributed by atoms with Gasteiger partial charge in [0.1, 0.15) is 17.7 Å². The number of nitrogens with one attached hydrogen (secondary N) is 2. The van der Waals surface area contributed by atoms with E-state index < -0.39 is 0 Å². The summed E-state index contributed by atoms with van der Waals surface area (Å²) in [7, 11) is 0. The number of hydrogen-bond acceptors (Lipinski definition) is 6. The van der Waals surface area contributed by atoms with Crippen LogP contribution in [0.4, 0.5) is 15.9 Å². The van der Waals surface area contributed by atoms with Gasteiger partial charge >= 0.3 is 0 Å². The van der Waals surface area contributed by atoms with E-state index in [2.05, 4.69) is 20.6 Å². The molecule has 160 valence electrons. The Morgan fingerprint density at radius 2 is 1.81 bits per heavy atom. The van der Waals surface area contributed by atoms with Gasteiger partial charge in [0, 0.05) is 43.0 Å². The Balaban J connectivity index is 1.43.